The fraction of sp³-hybridized carbons (Fsp3) is 0.300. The Morgan fingerprint density at radius 2 is 1.79 bits per heavy atom. The third-order valence-electron chi connectivity index (χ3n) is 3.84. The van der Waals surface area contributed by atoms with Gasteiger partial charge in [0, 0.05) is 38.3 Å². The van der Waals surface area contributed by atoms with Crippen LogP contribution in [0.3, 0.4) is 0 Å². The van der Waals surface area contributed by atoms with Gasteiger partial charge < -0.3 is 20.3 Å². The van der Waals surface area contributed by atoms with Crippen molar-refractivity contribution in [1.29, 1.82) is 0 Å². The van der Waals surface area contributed by atoms with Crippen LogP contribution in [0.15, 0.2) is 41.3 Å². The molecule has 0 saturated heterocycles. The van der Waals surface area contributed by atoms with Crippen molar-refractivity contribution in [2.75, 3.05) is 50.3 Å². The summed E-state index contributed by atoms with van der Waals surface area (Å²) in [6.45, 7) is 0.813. The van der Waals surface area contributed by atoms with Crippen molar-refractivity contribution < 1.29 is 23.1 Å². The van der Waals surface area contributed by atoms with E-state index in [9.17, 15) is 18.4 Å². The van der Waals surface area contributed by atoms with Gasteiger partial charge in [0.25, 0.3) is 5.91 Å². The SMILES string of the molecule is COCCNC(=O)CSc1ccccc1C(=O)Nc1cc(F)c(N(C)C)c(F)c1. The molecule has 2 rings (SSSR count). The number of rotatable bonds is 9. The fourth-order valence-corrected chi connectivity index (χ4v) is 3.41. The van der Waals surface area contributed by atoms with Crippen LogP contribution in [0.4, 0.5) is 20.2 Å². The molecule has 0 aliphatic rings. The maximum absolute atomic E-state index is 14.1. The van der Waals surface area contributed by atoms with E-state index in [-0.39, 0.29) is 23.0 Å². The number of ether oxygens (including phenoxy) is 1. The Balaban J connectivity index is 2.09. The second kappa shape index (κ2) is 10.8. The second-order valence-electron chi connectivity index (χ2n) is 6.26. The van der Waals surface area contributed by atoms with E-state index in [0.717, 1.165) is 12.1 Å². The summed E-state index contributed by atoms with van der Waals surface area (Å²) in [6, 6.07) is 8.84. The van der Waals surface area contributed by atoms with E-state index in [0.29, 0.717) is 23.6 Å². The van der Waals surface area contributed by atoms with Crippen LogP contribution in [-0.2, 0) is 9.53 Å². The quantitative estimate of drug-likeness (QED) is 0.479. The lowest BCUT2D eigenvalue weighted by Crippen LogP contribution is -2.28. The fourth-order valence-electron chi connectivity index (χ4n) is 2.53. The number of carbonyl (C=O) groups is 2. The summed E-state index contributed by atoms with van der Waals surface area (Å²) in [5, 5.41) is 5.20. The van der Waals surface area contributed by atoms with E-state index in [4.69, 9.17) is 4.74 Å². The minimum atomic E-state index is -0.777. The molecule has 0 aliphatic heterocycles. The van der Waals surface area contributed by atoms with Gasteiger partial charge in [0.1, 0.15) is 5.69 Å². The maximum atomic E-state index is 14.1. The number of anilines is 2. The van der Waals surface area contributed by atoms with E-state index in [2.05, 4.69) is 10.6 Å². The molecular formula is C20H23F2N3O3S. The molecule has 0 saturated carbocycles. The summed E-state index contributed by atoms with van der Waals surface area (Å²) in [5.74, 6) is -2.15. The monoisotopic (exact) mass is 423 g/mol. The van der Waals surface area contributed by atoms with E-state index in [1.165, 1.54) is 30.8 Å². The predicted octanol–water partition coefficient (Wildman–Crippen LogP) is 3.14. The van der Waals surface area contributed by atoms with Gasteiger partial charge in [-0.05, 0) is 24.3 Å². The van der Waals surface area contributed by atoms with Gasteiger partial charge >= 0.3 is 0 Å². The van der Waals surface area contributed by atoms with Gasteiger partial charge in [-0.25, -0.2) is 8.78 Å². The zero-order chi connectivity index (χ0) is 21.4. The van der Waals surface area contributed by atoms with Gasteiger partial charge in [-0.1, -0.05) is 12.1 Å². The molecular weight excluding hydrogens is 400 g/mol. The second-order valence-corrected chi connectivity index (χ2v) is 7.28. The third kappa shape index (κ3) is 6.43. The molecule has 29 heavy (non-hydrogen) atoms. The lowest BCUT2D eigenvalue weighted by Gasteiger charge is -2.16. The Labute approximate surface area is 172 Å². The number of halogens is 2. The molecule has 156 valence electrons. The lowest BCUT2D eigenvalue weighted by atomic mass is 10.2. The average molecular weight is 423 g/mol. The van der Waals surface area contributed by atoms with Crippen LogP contribution in [0.5, 0.6) is 0 Å². The van der Waals surface area contributed by atoms with Gasteiger partial charge in [0.2, 0.25) is 5.91 Å². The van der Waals surface area contributed by atoms with E-state index in [1.54, 1.807) is 31.4 Å². The number of thioether (sulfide) groups is 1. The molecule has 9 heteroatoms. The van der Waals surface area contributed by atoms with E-state index in [1.807, 2.05) is 0 Å². The van der Waals surface area contributed by atoms with Gasteiger partial charge in [-0.2, -0.15) is 0 Å². The van der Waals surface area contributed by atoms with Crippen LogP contribution in [-0.4, -0.2) is 51.9 Å². The zero-order valence-electron chi connectivity index (χ0n) is 16.4. The number of hydrogen-bond donors (Lipinski definition) is 2. The summed E-state index contributed by atoms with van der Waals surface area (Å²) in [5.41, 5.74) is 0.130. The maximum Gasteiger partial charge on any atom is 0.256 e. The largest absolute Gasteiger partial charge is 0.383 e. The molecule has 2 aromatic rings. The molecule has 0 fully saturated rings. The van der Waals surface area contributed by atoms with E-state index >= 15 is 0 Å². The van der Waals surface area contributed by atoms with Gasteiger partial charge in [-0.3, -0.25) is 9.59 Å². The number of amides is 2. The molecule has 0 radical (unpaired) electrons. The van der Waals surface area contributed by atoms with Crippen LogP contribution in [0.1, 0.15) is 10.4 Å². The van der Waals surface area contributed by atoms with Crippen molar-refractivity contribution in [3.05, 3.63) is 53.6 Å². The number of methoxy groups -OCH3 is 1. The molecule has 2 amide bonds. The van der Waals surface area contributed by atoms with Crippen LogP contribution < -0.4 is 15.5 Å². The molecule has 6 nitrogen and oxygen atoms in total. The average Bonchev–Trinajstić information content (AvgIpc) is 2.66. The molecule has 0 heterocycles. The van der Waals surface area contributed by atoms with Crippen LogP contribution >= 0.6 is 11.8 Å². The zero-order valence-corrected chi connectivity index (χ0v) is 17.2. The topological polar surface area (TPSA) is 70.7 Å². The summed E-state index contributed by atoms with van der Waals surface area (Å²) < 4.78 is 33.1. The molecule has 2 N–H and O–H groups in total. The first-order chi connectivity index (χ1) is 13.8. The van der Waals surface area contributed by atoms with Crippen molar-refractivity contribution in [3.8, 4) is 0 Å². The molecule has 0 aromatic heterocycles. The summed E-state index contributed by atoms with van der Waals surface area (Å²) in [4.78, 5) is 26.4. The van der Waals surface area contributed by atoms with Gasteiger partial charge in [0.05, 0.1) is 17.9 Å². The first-order valence-corrected chi connectivity index (χ1v) is 9.77. The minimum Gasteiger partial charge on any atom is -0.383 e. The standard InChI is InChI=1S/C20H23F2N3O3S/c1-25(2)19-15(21)10-13(11-16(19)22)24-20(27)14-6-4-5-7-17(14)29-12-18(26)23-8-9-28-3/h4-7,10-11H,8-9,12H2,1-3H3,(H,23,26)(H,24,27). The molecule has 0 aliphatic carbocycles. The first kappa shape index (κ1) is 22.6. The summed E-state index contributed by atoms with van der Waals surface area (Å²) >= 11 is 1.20. The Morgan fingerprint density at radius 1 is 1.14 bits per heavy atom. The van der Waals surface area contributed by atoms with Crippen molar-refractivity contribution in [1.82, 2.24) is 5.32 Å². The Kier molecular flexibility index (Phi) is 8.41. The number of nitrogens with zero attached hydrogens (tertiary/aromatic N) is 1. The van der Waals surface area contributed by atoms with E-state index < -0.39 is 17.5 Å². The normalized spacial score (nSPS) is 10.5. The van der Waals surface area contributed by atoms with Crippen molar-refractivity contribution in [2.45, 2.75) is 4.90 Å². The highest BCUT2D eigenvalue weighted by Crippen LogP contribution is 2.27. The van der Waals surface area contributed by atoms with Crippen molar-refractivity contribution in [3.63, 3.8) is 0 Å². The third-order valence-corrected chi connectivity index (χ3v) is 4.91. The van der Waals surface area contributed by atoms with Gasteiger partial charge in [0.15, 0.2) is 11.6 Å². The highest BCUT2D eigenvalue weighted by molar-refractivity contribution is 8.00. The minimum absolute atomic E-state index is 0.00714. The highest BCUT2D eigenvalue weighted by atomic mass is 32.2. The predicted molar refractivity (Wildman–Crippen MR) is 111 cm³/mol. The number of carbonyl (C=O) groups excluding carboxylic acids is 2. The molecule has 2 aromatic carbocycles. The van der Waals surface area contributed by atoms with Crippen LogP contribution in [0.2, 0.25) is 0 Å². The lowest BCUT2D eigenvalue weighted by molar-refractivity contribution is -0.118. The first-order valence-electron chi connectivity index (χ1n) is 8.78. The van der Waals surface area contributed by atoms with Crippen LogP contribution in [0.25, 0.3) is 0 Å². The number of nitrogens with one attached hydrogen (secondary N) is 2. The Morgan fingerprint density at radius 3 is 2.41 bits per heavy atom. The highest BCUT2D eigenvalue weighted by Gasteiger charge is 2.17. The van der Waals surface area contributed by atoms with Crippen LogP contribution in [0, 0.1) is 11.6 Å². The van der Waals surface area contributed by atoms with Crippen molar-refractivity contribution >= 4 is 35.0 Å². The smallest absolute Gasteiger partial charge is 0.256 e. The number of benzene rings is 2. The Hall–Kier alpha value is -2.65. The van der Waals surface area contributed by atoms with Crippen molar-refractivity contribution in [2.24, 2.45) is 0 Å². The number of hydrogen-bond acceptors (Lipinski definition) is 5. The Bertz CT molecular complexity index is 855. The molecule has 0 spiro atoms. The molecule has 0 unspecified atom stereocenters. The summed E-state index contributed by atoms with van der Waals surface area (Å²) in [7, 11) is 4.60. The molecule has 0 atom stereocenters. The summed E-state index contributed by atoms with van der Waals surface area (Å²) in [6.07, 6.45) is 0. The van der Waals surface area contributed by atoms with Gasteiger partial charge in [-0.15, -0.1) is 11.8 Å². The molecule has 0 bridgehead atoms.